The third-order valence-electron chi connectivity index (χ3n) is 2.01. The molecule has 0 aliphatic rings. The molecule has 0 amide bonds. The molecule has 0 N–H and O–H groups in total. The lowest BCUT2D eigenvalue weighted by molar-refractivity contribution is -0.125. The SMILES string of the molecule is CC(C)(C)C(=O)CC(=O)c1cnccn1. The fraction of sp³-hybridized carbons (Fsp3) is 0.455. The summed E-state index contributed by atoms with van der Waals surface area (Å²) in [5.74, 6) is -0.360. The second-order valence-corrected chi connectivity index (χ2v) is 4.36. The van der Waals surface area contributed by atoms with Crippen LogP contribution >= 0.6 is 0 Å². The highest BCUT2D eigenvalue weighted by molar-refractivity contribution is 6.08. The number of rotatable bonds is 3. The summed E-state index contributed by atoms with van der Waals surface area (Å²) in [6.07, 6.45) is 4.19. The predicted octanol–water partition coefficient (Wildman–Crippen LogP) is 1.66. The molecule has 80 valence electrons. The molecule has 0 unspecified atom stereocenters. The van der Waals surface area contributed by atoms with E-state index in [4.69, 9.17) is 0 Å². The van der Waals surface area contributed by atoms with E-state index in [0.29, 0.717) is 0 Å². The molecule has 0 fully saturated rings. The van der Waals surface area contributed by atoms with Gasteiger partial charge in [-0.15, -0.1) is 0 Å². The van der Waals surface area contributed by atoms with Crippen LogP contribution in [-0.4, -0.2) is 21.5 Å². The first-order chi connectivity index (χ1) is 6.91. The molecule has 0 aromatic carbocycles. The van der Waals surface area contributed by atoms with Crippen molar-refractivity contribution in [1.82, 2.24) is 9.97 Å². The van der Waals surface area contributed by atoms with E-state index in [1.165, 1.54) is 18.6 Å². The van der Waals surface area contributed by atoms with Gasteiger partial charge in [0.25, 0.3) is 0 Å². The highest BCUT2D eigenvalue weighted by Crippen LogP contribution is 2.17. The van der Waals surface area contributed by atoms with Crippen molar-refractivity contribution in [2.45, 2.75) is 27.2 Å². The molecule has 1 aromatic rings. The zero-order chi connectivity index (χ0) is 11.5. The van der Waals surface area contributed by atoms with E-state index in [9.17, 15) is 9.59 Å². The first-order valence-electron chi connectivity index (χ1n) is 4.74. The third-order valence-corrected chi connectivity index (χ3v) is 2.01. The van der Waals surface area contributed by atoms with Gasteiger partial charge in [0.2, 0.25) is 0 Å². The lowest BCUT2D eigenvalue weighted by Crippen LogP contribution is -2.23. The fourth-order valence-corrected chi connectivity index (χ4v) is 0.945. The van der Waals surface area contributed by atoms with Crippen molar-refractivity contribution in [3.05, 3.63) is 24.3 Å². The van der Waals surface area contributed by atoms with Crippen molar-refractivity contribution in [3.8, 4) is 0 Å². The smallest absolute Gasteiger partial charge is 0.190 e. The van der Waals surface area contributed by atoms with E-state index >= 15 is 0 Å². The van der Waals surface area contributed by atoms with Crippen LogP contribution in [0.1, 0.15) is 37.7 Å². The van der Waals surface area contributed by atoms with Crippen LogP contribution in [0.25, 0.3) is 0 Å². The van der Waals surface area contributed by atoms with Gasteiger partial charge in [-0.1, -0.05) is 20.8 Å². The topological polar surface area (TPSA) is 59.9 Å². The van der Waals surface area contributed by atoms with E-state index < -0.39 is 5.41 Å². The van der Waals surface area contributed by atoms with E-state index in [2.05, 4.69) is 9.97 Å². The monoisotopic (exact) mass is 206 g/mol. The first kappa shape index (κ1) is 11.5. The lowest BCUT2D eigenvalue weighted by Gasteiger charge is -2.15. The molecule has 0 saturated carbocycles. The van der Waals surface area contributed by atoms with Crippen molar-refractivity contribution >= 4 is 11.6 Å². The van der Waals surface area contributed by atoms with Gasteiger partial charge in [-0.2, -0.15) is 0 Å². The minimum Gasteiger partial charge on any atom is -0.299 e. The number of hydrogen-bond acceptors (Lipinski definition) is 4. The number of carbonyl (C=O) groups excluding carboxylic acids is 2. The summed E-state index contributed by atoms with van der Waals surface area (Å²) in [4.78, 5) is 30.8. The van der Waals surface area contributed by atoms with Gasteiger partial charge in [0.15, 0.2) is 5.78 Å². The van der Waals surface area contributed by atoms with Crippen molar-refractivity contribution < 1.29 is 9.59 Å². The van der Waals surface area contributed by atoms with Crippen molar-refractivity contribution in [2.24, 2.45) is 5.41 Å². The van der Waals surface area contributed by atoms with Gasteiger partial charge >= 0.3 is 0 Å². The van der Waals surface area contributed by atoms with Gasteiger partial charge in [-0.25, -0.2) is 4.98 Å². The maximum atomic E-state index is 11.6. The van der Waals surface area contributed by atoms with Crippen molar-refractivity contribution in [2.75, 3.05) is 0 Å². The first-order valence-corrected chi connectivity index (χ1v) is 4.74. The summed E-state index contributed by atoms with van der Waals surface area (Å²) in [6.45, 7) is 5.37. The fourth-order valence-electron chi connectivity index (χ4n) is 0.945. The predicted molar refractivity (Wildman–Crippen MR) is 55.4 cm³/mol. The number of nitrogens with zero attached hydrogens (tertiary/aromatic N) is 2. The Balaban J connectivity index is 2.70. The average Bonchev–Trinajstić information content (AvgIpc) is 2.17. The summed E-state index contributed by atoms with van der Waals surface area (Å²) in [7, 11) is 0. The van der Waals surface area contributed by atoms with Gasteiger partial charge in [-0.05, 0) is 0 Å². The molecule has 1 aromatic heterocycles. The third kappa shape index (κ3) is 3.23. The Bertz CT molecular complexity index is 366. The second kappa shape index (κ2) is 4.29. The zero-order valence-corrected chi connectivity index (χ0v) is 9.15. The van der Waals surface area contributed by atoms with Crippen LogP contribution in [0.4, 0.5) is 0 Å². The minimum atomic E-state index is -0.488. The van der Waals surface area contributed by atoms with Crippen LogP contribution in [0, 0.1) is 5.41 Å². The highest BCUT2D eigenvalue weighted by Gasteiger charge is 2.24. The second-order valence-electron chi connectivity index (χ2n) is 4.36. The van der Waals surface area contributed by atoms with E-state index in [1.807, 2.05) is 0 Å². The standard InChI is InChI=1S/C11H14N2O2/c1-11(2,3)10(15)6-9(14)8-7-12-4-5-13-8/h4-5,7H,6H2,1-3H3. The van der Waals surface area contributed by atoms with E-state index in [1.54, 1.807) is 20.8 Å². The summed E-state index contributed by atoms with van der Waals surface area (Å²) >= 11 is 0. The van der Waals surface area contributed by atoms with Gasteiger partial charge in [0.1, 0.15) is 11.5 Å². The Hall–Kier alpha value is -1.58. The molecule has 0 atom stereocenters. The molecule has 4 heteroatoms. The van der Waals surface area contributed by atoms with Crippen LogP contribution in [-0.2, 0) is 4.79 Å². The number of carbonyl (C=O) groups is 2. The molecule has 1 rings (SSSR count). The Morgan fingerprint density at radius 3 is 2.40 bits per heavy atom. The van der Waals surface area contributed by atoms with Crippen LogP contribution in [0.5, 0.6) is 0 Å². The maximum Gasteiger partial charge on any atom is 0.190 e. The molecule has 15 heavy (non-hydrogen) atoms. The molecule has 0 radical (unpaired) electrons. The van der Waals surface area contributed by atoms with E-state index in [0.717, 1.165) is 0 Å². The number of Topliss-reactive ketones (excluding diaryl/α,β-unsaturated/α-hetero) is 2. The number of hydrogen-bond donors (Lipinski definition) is 0. The largest absolute Gasteiger partial charge is 0.299 e. The highest BCUT2D eigenvalue weighted by atomic mass is 16.1. The minimum absolute atomic E-state index is 0.0850. The van der Waals surface area contributed by atoms with E-state index in [-0.39, 0.29) is 23.7 Å². The quantitative estimate of drug-likeness (QED) is 0.557. The van der Waals surface area contributed by atoms with Crippen LogP contribution in [0.3, 0.4) is 0 Å². The van der Waals surface area contributed by atoms with Crippen molar-refractivity contribution in [3.63, 3.8) is 0 Å². The van der Waals surface area contributed by atoms with Crippen LogP contribution in [0.15, 0.2) is 18.6 Å². The normalized spacial score (nSPS) is 11.1. The van der Waals surface area contributed by atoms with Crippen LogP contribution < -0.4 is 0 Å². The summed E-state index contributed by atoms with van der Waals surface area (Å²) in [5, 5.41) is 0. The molecule has 4 nitrogen and oxygen atoms in total. The number of ketones is 2. The molecule has 0 bridgehead atoms. The molecule has 1 heterocycles. The maximum absolute atomic E-state index is 11.6. The zero-order valence-electron chi connectivity index (χ0n) is 9.15. The Kier molecular flexibility index (Phi) is 3.29. The van der Waals surface area contributed by atoms with Gasteiger partial charge in [-0.3, -0.25) is 14.6 Å². The Labute approximate surface area is 88.7 Å². The van der Waals surface area contributed by atoms with Gasteiger partial charge < -0.3 is 0 Å². The molecule has 0 spiro atoms. The lowest BCUT2D eigenvalue weighted by atomic mass is 9.87. The summed E-state index contributed by atoms with van der Waals surface area (Å²) < 4.78 is 0. The summed E-state index contributed by atoms with van der Waals surface area (Å²) in [6, 6.07) is 0. The summed E-state index contributed by atoms with van der Waals surface area (Å²) in [5.41, 5.74) is -0.243. The van der Waals surface area contributed by atoms with Gasteiger partial charge in [0.05, 0.1) is 12.6 Å². The molecular weight excluding hydrogens is 192 g/mol. The molecule has 0 aliphatic carbocycles. The molecule has 0 aliphatic heterocycles. The van der Waals surface area contributed by atoms with Crippen LogP contribution in [0.2, 0.25) is 0 Å². The average molecular weight is 206 g/mol. The van der Waals surface area contributed by atoms with Crippen molar-refractivity contribution in [1.29, 1.82) is 0 Å². The Morgan fingerprint density at radius 1 is 1.27 bits per heavy atom. The number of aromatic nitrogens is 2. The molecule has 0 saturated heterocycles. The van der Waals surface area contributed by atoms with Gasteiger partial charge in [0, 0.05) is 17.8 Å². The Morgan fingerprint density at radius 2 is 1.93 bits per heavy atom. The molecular formula is C11H14N2O2.